The van der Waals surface area contributed by atoms with Crippen LogP contribution in [0.25, 0.3) is 22.3 Å². The highest BCUT2D eigenvalue weighted by atomic mass is 16.5. The topological polar surface area (TPSA) is 21.7 Å². The molecule has 0 atom stereocenters. The van der Waals surface area contributed by atoms with Crippen molar-refractivity contribution in [3.05, 3.63) is 169 Å². The van der Waals surface area contributed by atoms with Gasteiger partial charge in [0.25, 0.3) is 6.71 Å². The number of hydrogen-bond acceptors (Lipinski definition) is 3. The zero-order valence-corrected chi connectivity index (χ0v) is 31.9. The zero-order valence-electron chi connectivity index (χ0n) is 31.9. The Hall–Kier alpha value is -6.00. The van der Waals surface area contributed by atoms with Crippen molar-refractivity contribution >= 4 is 40.2 Å². The summed E-state index contributed by atoms with van der Waals surface area (Å²) in [4.78, 5) is 2.27. The van der Waals surface area contributed by atoms with Crippen LogP contribution in [0.3, 0.4) is 0 Å². The number of para-hydroxylation sites is 2. The Balaban J connectivity index is 1.23. The summed E-state index contributed by atoms with van der Waals surface area (Å²) in [6.07, 6.45) is 0. The molecule has 54 heavy (non-hydrogen) atoms. The standard InChI is InChI=1S/C50H44BNO2/c1-49(2,3)37-17-13-15-33(27-37)35-23-25-42-44(29-35)53-46-31-41(52(39-19-9-7-10-20-39)40-21-11-8-12-22-40)32-47-48(46)51(42)43-26-24-36(30-45(43)54-47)34-16-14-18-38(28-34)50(4,5)6/h7-32H,1-6H3. The van der Waals surface area contributed by atoms with Gasteiger partial charge >= 0.3 is 0 Å². The van der Waals surface area contributed by atoms with Gasteiger partial charge in [-0.1, -0.05) is 151 Å². The van der Waals surface area contributed by atoms with Gasteiger partial charge in [-0.25, -0.2) is 0 Å². The number of rotatable bonds is 5. The molecule has 2 heterocycles. The fourth-order valence-electron chi connectivity index (χ4n) is 7.90. The smallest absolute Gasteiger partial charge is 0.260 e. The SMILES string of the molecule is CC(C)(C)c1cccc(-c2ccc3c(c2)Oc2cc(N(c4ccccc4)c4ccccc4)cc4c2B3c2ccc(-c3cccc(C(C)(C)C)c3)cc2O4)c1. The third-order valence-electron chi connectivity index (χ3n) is 10.9. The lowest BCUT2D eigenvalue weighted by Gasteiger charge is -2.35. The average molecular weight is 702 g/mol. The Morgan fingerprint density at radius 2 is 0.815 bits per heavy atom. The fraction of sp³-hybridized carbons (Fsp3) is 0.160. The highest BCUT2D eigenvalue weighted by Crippen LogP contribution is 2.43. The van der Waals surface area contributed by atoms with E-state index in [4.69, 9.17) is 9.47 Å². The lowest BCUT2D eigenvalue weighted by molar-refractivity contribution is 0.465. The van der Waals surface area contributed by atoms with Crippen molar-refractivity contribution < 1.29 is 9.47 Å². The number of fused-ring (bicyclic) bond motifs is 4. The molecule has 0 radical (unpaired) electrons. The normalized spacial score (nSPS) is 12.9. The predicted molar refractivity (Wildman–Crippen MR) is 227 cm³/mol. The monoisotopic (exact) mass is 701 g/mol. The molecule has 7 aromatic rings. The highest BCUT2D eigenvalue weighted by molar-refractivity contribution is 6.98. The van der Waals surface area contributed by atoms with Gasteiger partial charge in [0.1, 0.15) is 23.0 Å². The summed E-state index contributed by atoms with van der Waals surface area (Å²) in [5.41, 5.74) is 13.8. The molecule has 0 amide bonds. The Labute approximate surface area is 319 Å². The van der Waals surface area contributed by atoms with Crippen molar-refractivity contribution in [2.45, 2.75) is 52.4 Å². The largest absolute Gasteiger partial charge is 0.458 e. The van der Waals surface area contributed by atoms with Gasteiger partial charge < -0.3 is 14.4 Å². The molecule has 264 valence electrons. The number of anilines is 3. The maximum Gasteiger partial charge on any atom is 0.260 e. The minimum absolute atomic E-state index is 0.0502. The van der Waals surface area contributed by atoms with Crippen LogP contribution >= 0.6 is 0 Å². The van der Waals surface area contributed by atoms with E-state index in [0.29, 0.717) is 0 Å². The van der Waals surface area contributed by atoms with E-state index in [1.165, 1.54) is 22.3 Å². The minimum atomic E-state index is -0.0524. The Bertz CT molecular complexity index is 2360. The van der Waals surface area contributed by atoms with E-state index in [0.717, 1.165) is 67.6 Å². The number of hydrogen-bond donors (Lipinski definition) is 0. The first-order valence-electron chi connectivity index (χ1n) is 18.9. The average Bonchev–Trinajstić information content (AvgIpc) is 3.17. The van der Waals surface area contributed by atoms with Crippen molar-refractivity contribution in [1.82, 2.24) is 0 Å². The molecule has 0 aromatic heterocycles. The van der Waals surface area contributed by atoms with E-state index in [1.54, 1.807) is 0 Å². The molecule has 2 aliphatic heterocycles. The van der Waals surface area contributed by atoms with Gasteiger partial charge in [0.2, 0.25) is 0 Å². The molecule has 2 aliphatic rings. The minimum Gasteiger partial charge on any atom is -0.458 e. The van der Waals surface area contributed by atoms with Gasteiger partial charge in [-0.3, -0.25) is 0 Å². The van der Waals surface area contributed by atoms with E-state index in [9.17, 15) is 0 Å². The van der Waals surface area contributed by atoms with E-state index in [1.807, 2.05) is 0 Å². The molecule has 0 aliphatic carbocycles. The van der Waals surface area contributed by atoms with Crippen LogP contribution in [0, 0.1) is 0 Å². The summed E-state index contributed by atoms with van der Waals surface area (Å²) < 4.78 is 14.0. The number of benzene rings is 7. The quantitative estimate of drug-likeness (QED) is 0.167. The van der Waals surface area contributed by atoms with Crippen molar-refractivity contribution in [1.29, 1.82) is 0 Å². The molecular weight excluding hydrogens is 657 g/mol. The van der Waals surface area contributed by atoms with Crippen LogP contribution in [-0.2, 0) is 10.8 Å². The number of ether oxygens (including phenoxy) is 2. The van der Waals surface area contributed by atoms with Crippen molar-refractivity contribution in [3.8, 4) is 45.3 Å². The molecule has 0 spiro atoms. The second-order valence-electron chi connectivity index (χ2n) is 16.7. The van der Waals surface area contributed by atoms with Crippen LogP contribution in [0.2, 0.25) is 0 Å². The van der Waals surface area contributed by atoms with E-state index in [-0.39, 0.29) is 17.5 Å². The van der Waals surface area contributed by atoms with Crippen LogP contribution in [-0.4, -0.2) is 6.71 Å². The third-order valence-corrected chi connectivity index (χ3v) is 10.9. The van der Waals surface area contributed by atoms with Crippen molar-refractivity contribution in [2.75, 3.05) is 4.90 Å². The first-order chi connectivity index (χ1) is 26.0. The van der Waals surface area contributed by atoms with E-state index >= 15 is 0 Å². The lowest BCUT2D eigenvalue weighted by atomic mass is 9.34. The maximum atomic E-state index is 6.99. The molecule has 0 bridgehead atoms. The van der Waals surface area contributed by atoms with Crippen molar-refractivity contribution in [2.24, 2.45) is 0 Å². The third kappa shape index (κ3) is 6.06. The summed E-state index contributed by atoms with van der Waals surface area (Å²) >= 11 is 0. The van der Waals surface area contributed by atoms with Crippen LogP contribution < -0.4 is 30.8 Å². The molecule has 0 fully saturated rings. The summed E-state index contributed by atoms with van der Waals surface area (Å²) in [6.45, 7) is 13.5. The molecule has 7 aromatic carbocycles. The van der Waals surface area contributed by atoms with Crippen LogP contribution in [0.1, 0.15) is 52.7 Å². The summed E-state index contributed by atoms with van der Waals surface area (Å²) in [5, 5.41) is 0. The van der Waals surface area contributed by atoms with Crippen molar-refractivity contribution in [3.63, 3.8) is 0 Å². The molecule has 9 rings (SSSR count). The summed E-state index contributed by atoms with van der Waals surface area (Å²) in [7, 11) is 0. The Morgan fingerprint density at radius 3 is 1.24 bits per heavy atom. The second-order valence-corrected chi connectivity index (χ2v) is 16.7. The highest BCUT2D eigenvalue weighted by Gasteiger charge is 2.41. The summed E-state index contributed by atoms with van der Waals surface area (Å²) in [5.74, 6) is 3.36. The molecule has 3 nitrogen and oxygen atoms in total. The second kappa shape index (κ2) is 12.8. The van der Waals surface area contributed by atoms with Crippen LogP contribution in [0.5, 0.6) is 23.0 Å². The molecule has 0 unspecified atom stereocenters. The van der Waals surface area contributed by atoms with Crippen LogP contribution in [0.15, 0.2) is 158 Å². The molecule has 0 saturated carbocycles. The Morgan fingerprint density at radius 1 is 0.389 bits per heavy atom. The molecular formula is C50H44BNO2. The van der Waals surface area contributed by atoms with Gasteiger partial charge in [-0.15, -0.1) is 0 Å². The fourth-order valence-corrected chi connectivity index (χ4v) is 7.90. The zero-order chi connectivity index (χ0) is 37.2. The van der Waals surface area contributed by atoms with Gasteiger partial charge in [-0.05, 0) is 91.5 Å². The van der Waals surface area contributed by atoms with Gasteiger partial charge in [0.05, 0.1) is 5.69 Å². The predicted octanol–water partition coefficient (Wildman–Crippen LogP) is 11.8. The maximum absolute atomic E-state index is 6.99. The van der Waals surface area contributed by atoms with Gasteiger partial charge in [0, 0.05) is 29.0 Å². The number of nitrogens with zero attached hydrogens (tertiary/aromatic N) is 1. The van der Waals surface area contributed by atoms with Gasteiger partial charge in [0.15, 0.2) is 0 Å². The molecule has 0 N–H and O–H groups in total. The van der Waals surface area contributed by atoms with E-state index < -0.39 is 0 Å². The first kappa shape index (κ1) is 33.8. The van der Waals surface area contributed by atoms with E-state index in [2.05, 4.69) is 204 Å². The molecule has 0 saturated heterocycles. The first-order valence-corrected chi connectivity index (χ1v) is 18.9. The van der Waals surface area contributed by atoms with Crippen LogP contribution in [0.4, 0.5) is 17.1 Å². The Kier molecular flexibility index (Phi) is 8.04. The molecule has 4 heteroatoms. The van der Waals surface area contributed by atoms with Gasteiger partial charge in [-0.2, -0.15) is 0 Å². The summed E-state index contributed by atoms with van der Waals surface area (Å²) in [6, 6.07) is 56.6. The lowest BCUT2D eigenvalue weighted by Crippen LogP contribution is -2.57.